The summed E-state index contributed by atoms with van der Waals surface area (Å²) in [5.74, 6) is 0. The van der Waals surface area contributed by atoms with Crippen LogP contribution in [0.1, 0.15) is 12.8 Å². The molecule has 0 aromatic rings. The fraction of sp³-hybridized carbons (Fsp3) is 1.00. The first-order chi connectivity index (χ1) is 20.9. The number of aliphatic hydroxyl groups is 7. The quantitative estimate of drug-likeness (QED) is 0.117. The van der Waals surface area contributed by atoms with Gasteiger partial charge >= 0.3 is 0 Å². The lowest BCUT2D eigenvalue weighted by Crippen LogP contribution is -2.69. The number of nitrogens with two attached hydrogens (primary N) is 5. The first-order valence-electron chi connectivity index (χ1n) is 14.8. The second-order valence-electron chi connectivity index (χ2n) is 12.1. The van der Waals surface area contributed by atoms with Crippen LogP contribution in [0.25, 0.3) is 0 Å². The molecule has 17 N–H and O–H groups in total. The molecule has 0 aromatic heterocycles. The van der Waals surface area contributed by atoms with Gasteiger partial charge in [0.25, 0.3) is 0 Å². The van der Waals surface area contributed by atoms with Gasteiger partial charge in [-0.2, -0.15) is 0 Å². The van der Waals surface area contributed by atoms with E-state index in [1.165, 1.54) is 0 Å². The lowest BCUT2D eigenvalue weighted by molar-refractivity contribution is -0.328. The minimum atomic E-state index is -1.60. The molecule has 5 aliphatic rings. The third-order valence-electron chi connectivity index (χ3n) is 9.15. The van der Waals surface area contributed by atoms with Gasteiger partial charge in [-0.15, -0.1) is 0 Å². The van der Waals surface area contributed by atoms with E-state index in [4.69, 9.17) is 61.8 Å². The Bertz CT molecular complexity index is 946. The van der Waals surface area contributed by atoms with Crippen molar-refractivity contribution in [2.75, 3.05) is 19.8 Å². The Labute approximate surface area is 253 Å². The van der Waals surface area contributed by atoms with Gasteiger partial charge < -0.3 is 97.6 Å². The molecule has 44 heavy (non-hydrogen) atoms. The van der Waals surface area contributed by atoms with Crippen LogP contribution in [0.4, 0.5) is 0 Å². The topological polar surface area (TPSA) is 336 Å². The van der Waals surface area contributed by atoms with Gasteiger partial charge in [-0.1, -0.05) is 0 Å². The van der Waals surface area contributed by atoms with Crippen LogP contribution in [0.5, 0.6) is 0 Å². The van der Waals surface area contributed by atoms with Gasteiger partial charge in [-0.25, -0.2) is 0 Å². The zero-order chi connectivity index (χ0) is 32.0. The third kappa shape index (κ3) is 6.52. The summed E-state index contributed by atoms with van der Waals surface area (Å²) in [5, 5.41) is 73.9. The molecule has 19 heteroatoms. The van der Waals surface area contributed by atoms with Crippen molar-refractivity contribution in [2.24, 2.45) is 28.7 Å². The first-order valence-corrected chi connectivity index (χ1v) is 14.8. The number of fused-ring (bicyclic) bond motifs is 1. The summed E-state index contributed by atoms with van der Waals surface area (Å²) >= 11 is 0. The molecule has 8 unspecified atom stereocenters. The molecule has 0 radical (unpaired) electrons. The molecule has 4 aliphatic heterocycles. The van der Waals surface area contributed by atoms with Gasteiger partial charge in [0.2, 0.25) is 0 Å². The zero-order valence-corrected chi connectivity index (χ0v) is 24.0. The highest BCUT2D eigenvalue weighted by atomic mass is 16.8. The standard InChI is InChI=1S/C25H47N5O14/c26-4-9-14(34)15(35)11(29)23(39-9)43-20-10(5-31)40-25(17(20)37)44-22-13(33)6(27)3-7(28)18(22)41-24-12(30)16(36)21-19(42-24)8(32)1-2-38-21/h6-25,31-37H,1-5,26-30H2/t6-,7?,8?,9+,10-,11?,12?,13?,14-,15?,16-,17?,18-,19?,20+,21+,22-,23-,24+,25+/m1/s1. The lowest BCUT2D eigenvalue weighted by atomic mass is 9.84. The molecule has 5 rings (SSSR count). The van der Waals surface area contributed by atoms with E-state index in [0.717, 1.165) is 0 Å². The fourth-order valence-electron chi connectivity index (χ4n) is 6.49. The first kappa shape index (κ1) is 34.6. The average Bonchev–Trinajstić information content (AvgIpc) is 3.30. The van der Waals surface area contributed by atoms with E-state index >= 15 is 0 Å². The van der Waals surface area contributed by atoms with Crippen molar-refractivity contribution in [3.05, 3.63) is 0 Å². The molecule has 4 heterocycles. The molecular formula is C25H47N5O14. The smallest absolute Gasteiger partial charge is 0.187 e. The monoisotopic (exact) mass is 641 g/mol. The molecule has 0 bridgehead atoms. The molecular weight excluding hydrogens is 594 g/mol. The Morgan fingerprint density at radius 2 is 1.23 bits per heavy atom. The Hall–Kier alpha value is -0.760. The molecule has 1 saturated carbocycles. The van der Waals surface area contributed by atoms with Crippen LogP contribution in [-0.4, -0.2) is 178 Å². The van der Waals surface area contributed by atoms with E-state index in [0.29, 0.717) is 0 Å². The van der Waals surface area contributed by atoms with Crippen molar-refractivity contribution >= 4 is 0 Å². The highest BCUT2D eigenvalue weighted by Gasteiger charge is 2.55. The summed E-state index contributed by atoms with van der Waals surface area (Å²) in [5.41, 5.74) is 30.3. The molecule has 256 valence electrons. The molecule has 20 atom stereocenters. The highest BCUT2D eigenvalue weighted by molar-refractivity contribution is 5.03. The second kappa shape index (κ2) is 14.2. The number of hydrogen-bond donors (Lipinski definition) is 12. The van der Waals surface area contributed by atoms with Gasteiger partial charge in [0.15, 0.2) is 18.9 Å². The van der Waals surface area contributed by atoms with E-state index in [-0.39, 0.29) is 26.0 Å². The Balaban J connectivity index is 1.30. The van der Waals surface area contributed by atoms with Crippen LogP contribution in [-0.2, 0) is 33.2 Å². The van der Waals surface area contributed by atoms with Gasteiger partial charge in [0.05, 0.1) is 30.9 Å². The fourth-order valence-corrected chi connectivity index (χ4v) is 6.49. The molecule has 5 fully saturated rings. The molecule has 0 amide bonds. The van der Waals surface area contributed by atoms with Gasteiger partial charge in [0.1, 0.15) is 67.1 Å². The van der Waals surface area contributed by atoms with E-state index in [1.807, 2.05) is 0 Å². The van der Waals surface area contributed by atoms with Crippen LogP contribution >= 0.6 is 0 Å². The second-order valence-corrected chi connectivity index (χ2v) is 12.1. The van der Waals surface area contributed by atoms with Crippen molar-refractivity contribution in [1.82, 2.24) is 0 Å². The lowest BCUT2D eigenvalue weighted by Gasteiger charge is -2.49. The van der Waals surface area contributed by atoms with Crippen molar-refractivity contribution in [1.29, 1.82) is 0 Å². The van der Waals surface area contributed by atoms with E-state index in [2.05, 4.69) is 0 Å². The van der Waals surface area contributed by atoms with Crippen molar-refractivity contribution in [3.8, 4) is 0 Å². The van der Waals surface area contributed by atoms with Gasteiger partial charge in [0, 0.05) is 25.2 Å². The zero-order valence-electron chi connectivity index (χ0n) is 24.0. The van der Waals surface area contributed by atoms with Crippen molar-refractivity contribution in [2.45, 2.75) is 135 Å². The number of aliphatic hydroxyl groups excluding tert-OH is 7. The third-order valence-corrected chi connectivity index (χ3v) is 9.15. The summed E-state index contributed by atoms with van der Waals surface area (Å²) in [4.78, 5) is 0. The predicted molar refractivity (Wildman–Crippen MR) is 144 cm³/mol. The van der Waals surface area contributed by atoms with Crippen LogP contribution in [0, 0.1) is 0 Å². The van der Waals surface area contributed by atoms with Crippen LogP contribution < -0.4 is 28.7 Å². The van der Waals surface area contributed by atoms with Crippen molar-refractivity contribution < 1.29 is 68.9 Å². The van der Waals surface area contributed by atoms with Gasteiger partial charge in [-0.05, 0) is 12.8 Å². The largest absolute Gasteiger partial charge is 0.394 e. The number of hydrogen-bond acceptors (Lipinski definition) is 19. The average molecular weight is 642 g/mol. The summed E-state index contributed by atoms with van der Waals surface area (Å²) in [7, 11) is 0. The summed E-state index contributed by atoms with van der Waals surface area (Å²) < 4.78 is 40.7. The molecule has 0 spiro atoms. The van der Waals surface area contributed by atoms with Gasteiger partial charge in [-0.3, -0.25) is 0 Å². The molecule has 4 saturated heterocycles. The Morgan fingerprint density at radius 3 is 1.91 bits per heavy atom. The van der Waals surface area contributed by atoms with E-state index < -0.39 is 129 Å². The SMILES string of the molecule is NC[C@@H]1O[C@H](O[C@@H]2C(O)[C@H](O[C@@H]3C(O)[C@H](N)CC(N)[C@H]3O[C@H]3OC4C(O)CCO[C@H]4[C@H](O)C3N)O[C@@H]2CO)C(N)C(O)[C@@H]1O. The van der Waals surface area contributed by atoms with Crippen LogP contribution in [0.15, 0.2) is 0 Å². The maximum atomic E-state index is 11.2. The summed E-state index contributed by atoms with van der Waals surface area (Å²) in [6, 6.07) is -4.08. The Kier molecular flexibility index (Phi) is 11.1. The van der Waals surface area contributed by atoms with E-state index in [9.17, 15) is 35.7 Å². The van der Waals surface area contributed by atoms with Crippen LogP contribution in [0.3, 0.4) is 0 Å². The molecule has 19 nitrogen and oxygen atoms in total. The minimum Gasteiger partial charge on any atom is -0.394 e. The molecule has 1 aliphatic carbocycles. The Morgan fingerprint density at radius 1 is 0.614 bits per heavy atom. The normalized spacial score (nSPS) is 55.1. The maximum absolute atomic E-state index is 11.2. The number of ether oxygens (including phenoxy) is 7. The number of rotatable bonds is 8. The summed E-state index contributed by atoms with van der Waals surface area (Å²) in [6.45, 7) is -0.590. The van der Waals surface area contributed by atoms with Crippen molar-refractivity contribution in [3.63, 3.8) is 0 Å². The van der Waals surface area contributed by atoms with E-state index in [1.54, 1.807) is 0 Å². The molecule has 0 aromatic carbocycles. The predicted octanol–water partition coefficient (Wildman–Crippen LogP) is -8.07. The summed E-state index contributed by atoms with van der Waals surface area (Å²) in [6.07, 6.45) is -19.6. The highest BCUT2D eigenvalue weighted by Crippen LogP contribution is 2.35. The minimum absolute atomic E-state index is 0.0977. The van der Waals surface area contributed by atoms with Crippen LogP contribution in [0.2, 0.25) is 0 Å². The maximum Gasteiger partial charge on any atom is 0.187 e.